The minimum Gasteiger partial charge on any atom is -0.377 e. The number of nitrogens with one attached hydrogen (secondary N) is 2. The molecule has 6 nitrogen and oxygen atoms in total. The molecule has 166 valence electrons. The van der Waals surface area contributed by atoms with Crippen LogP contribution in [-0.2, 0) is 4.74 Å². The highest BCUT2D eigenvalue weighted by Gasteiger charge is 2.65. The van der Waals surface area contributed by atoms with Crippen LogP contribution in [0.3, 0.4) is 0 Å². The lowest BCUT2D eigenvalue weighted by Crippen LogP contribution is -2.69. The Balaban J connectivity index is 0.00000218. The lowest BCUT2D eigenvalue weighted by atomic mass is 9.54. The van der Waals surface area contributed by atoms with Crippen molar-refractivity contribution in [2.75, 3.05) is 31.1 Å². The lowest BCUT2D eigenvalue weighted by molar-refractivity contribution is -0.125. The number of nitrogens with zero attached hydrogens (tertiary/aromatic N) is 3. The monoisotopic (exact) mass is 525 g/mol. The van der Waals surface area contributed by atoms with Crippen molar-refractivity contribution in [3.63, 3.8) is 0 Å². The number of guanidine groups is 1. The van der Waals surface area contributed by atoms with Crippen LogP contribution in [0.25, 0.3) is 0 Å². The third kappa shape index (κ3) is 4.04. The highest BCUT2D eigenvalue weighted by atomic mass is 127. The van der Waals surface area contributed by atoms with Gasteiger partial charge in [0.1, 0.15) is 5.82 Å². The third-order valence-electron chi connectivity index (χ3n) is 7.70. The molecule has 0 radical (unpaired) electrons. The second-order valence-corrected chi connectivity index (χ2v) is 9.22. The Morgan fingerprint density at radius 3 is 2.70 bits per heavy atom. The average Bonchev–Trinajstić information content (AvgIpc) is 3.42. The number of hydrogen-bond donors (Lipinski definition) is 2. The molecule has 4 fully saturated rings. The summed E-state index contributed by atoms with van der Waals surface area (Å²) in [4.78, 5) is 11.7. The van der Waals surface area contributed by atoms with Crippen LogP contribution in [0.4, 0.5) is 5.82 Å². The van der Waals surface area contributed by atoms with Crippen molar-refractivity contribution < 1.29 is 4.74 Å². The number of piperidine rings is 1. The number of ether oxygens (including phenoxy) is 1. The zero-order valence-electron chi connectivity index (χ0n) is 18.1. The van der Waals surface area contributed by atoms with Crippen molar-refractivity contribution in [3.8, 4) is 0 Å². The second kappa shape index (κ2) is 9.59. The predicted molar refractivity (Wildman–Crippen MR) is 132 cm³/mol. The van der Waals surface area contributed by atoms with Crippen molar-refractivity contribution in [2.45, 2.75) is 70.1 Å². The highest BCUT2D eigenvalue weighted by molar-refractivity contribution is 14.0. The summed E-state index contributed by atoms with van der Waals surface area (Å²) in [6.07, 6.45) is 11.1. The summed E-state index contributed by atoms with van der Waals surface area (Å²) < 4.78 is 6.15. The van der Waals surface area contributed by atoms with Gasteiger partial charge in [0.25, 0.3) is 0 Å². The van der Waals surface area contributed by atoms with Crippen molar-refractivity contribution in [1.29, 1.82) is 0 Å². The van der Waals surface area contributed by atoms with E-state index in [9.17, 15) is 0 Å². The first-order valence-electron chi connectivity index (χ1n) is 11.7. The summed E-state index contributed by atoms with van der Waals surface area (Å²) in [5.74, 6) is 2.78. The van der Waals surface area contributed by atoms with E-state index >= 15 is 0 Å². The van der Waals surface area contributed by atoms with Crippen LogP contribution in [0.2, 0.25) is 0 Å². The van der Waals surface area contributed by atoms with Gasteiger partial charge in [-0.1, -0.05) is 18.9 Å². The minimum absolute atomic E-state index is 0. The second-order valence-electron chi connectivity index (χ2n) is 9.22. The highest BCUT2D eigenvalue weighted by Crippen LogP contribution is 2.60. The number of pyridine rings is 1. The Morgan fingerprint density at radius 2 is 2.00 bits per heavy atom. The Bertz CT molecular complexity index is 716. The number of rotatable bonds is 4. The van der Waals surface area contributed by atoms with Gasteiger partial charge < -0.3 is 20.3 Å². The molecule has 3 atom stereocenters. The number of aromatic nitrogens is 1. The van der Waals surface area contributed by atoms with Gasteiger partial charge in [-0.15, -0.1) is 24.0 Å². The molecule has 0 amide bonds. The van der Waals surface area contributed by atoms with E-state index in [0.717, 1.165) is 50.9 Å². The molecule has 0 aromatic carbocycles. The molecule has 2 saturated carbocycles. The van der Waals surface area contributed by atoms with E-state index in [0.29, 0.717) is 29.5 Å². The maximum Gasteiger partial charge on any atom is 0.191 e. The lowest BCUT2D eigenvalue weighted by Gasteiger charge is -2.57. The number of fused-ring (bicyclic) bond motifs is 2. The SMILES string of the molecule is CCN=C(NC1CCN(c2ccccn2)CC1)NC1C2CCOC2C12CCCC2.I. The van der Waals surface area contributed by atoms with Gasteiger partial charge in [-0.05, 0) is 51.2 Å². The first-order chi connectivity index (χ1) is 14.3. The summed E-state index contributed by atoms with van der Waals surface area (Å²) in [5.41, 5.74) is 0.361. The van der Waals surface area contributed by atoms with Gasteiger partial charge in [-0.2, -0.15) is 0 Å². The fourth-order valence-corrected chi connectivity index (χ4v) is 6.33. The van der Waals surface area contributed by atoms with Crippen LogP contribution in [0.1, 0.15) is 51.9 Å². The van der Waals surface area contributed by atoms with Gasteiger partial charge in [0.15, 0.2) is 5.96 Å². The quantitative estimate of drug-likeness (QED) is 0.358. The molecule has 0 bridgehead atoms. The summed E-state index contributed by atoms with van der Waals surface area (Å²) in [6, 6.07) is 7.16. The van der Waals surface area contributed by atoms with Crippen LogP contribution in [-0.4, -0.2) is 55.4 Å². The van der Waals surface area contributed by atoms with Crippen molar-refractivity contribution in [2.24, 2.45) is 16.3 Å². The van der Waals surface area contributed by atoms with Gasteiger partial charge in [0, 0.05) is 55.9 Å². The number of anilines is 1. The molecule has 1 aromatic rings. The van der Waals surface area contributed by atoms with E-state index in [1.807, 2.05) is 12.3 Å². The number of halogens is 1. The number of aliphatic imine (C=N–C) groups is 1. The van der Waals surface area contributed by atoms with Gasteiger partial charge in [-0.3, -0.25) is 4.99 Å². The smallest absolute Gasteiger partial charge is 0.191 e. The first-order valence-corrected chi connectivity index (χ1v) is 11.7. The molecule has 2 aliphatic carbocycles. The molecule has 2 N–H and O–H groups in total. The van der Waals surface area contributed by atoms with Crippen molar-refractivity contribution in [3.05, 3.63) is 24.4 Å². The molecule has 7 heteroatoms. The van der Waals surface area contributed by atoms with E-state index in [2.05, 4.69) is 39.6 Å². The Morgan fingerprint density at radius 1 is 1.20 bits per heavy atom. The van der Waals surface area contributed by atoms with Crippen LogP contribution >= 0.6 is 24.0 Å². The first kappa shape index (κ1) is 22.1. The Labute approximate surface area is 197 Å². The molecule has 30 heavy (non-hydrogen) atoms. The van der Waals surface area contributed by atoms with Gasteiger partial charge in [0.2, 0.25) is 0 Å². The minimum atomic E-state index is 0. The molecule has 3 unspecified atom stereocenters. The van der Waals surface area contributed by atoms with E-state index in [-0.39, 0.29) is 24.0 Å². The predicted octanol–water partition coefficient (Wildman–Crippen LogP) is 3.57. The largest absolute Gasteiger partial charge is 0.377 e. The third-order valence-corrected chi connectivity index (χ3v) is 7.70. The molecule has 5 rings (SSSR count). The fraction of sp³-hybridized carbons (Fsp3) is 0.739. The van der Waals surface area contributed by atoms with E-state index in [1.54, 1.807) is 0 Å². The average molecular weight is 525 g/mol. The van der Waals surface area contributed by atoms with Crippen LogP contribution in [0.15, 0.2) is 29.4 Å². The summed E-state index contributed by atoms with van der Waals surface area (Å²) >= 11 is 0. The van der Waals surface area contributed by atoms with E-state index in [4.69, 9.17) is 9.73 Å². The zero-order chi connectivity index (χ0) is 19.7. The molecule has 2 saturated heterocycles. The van der Waals surface area contributed by atoms with Crippen LogP contribution in [0.5, 0.6) is 0 Å². The van der Waals surface area contributed by atoms with Crippen molar-refractivity contribution in [1.82, 2.24) is 15.6 Å². The van der Waals surface area contributed by atoms with Gasteiger partial charge in [0.05, 0.1) is 6.10 Å². The Hall–Kier alpha value is -1.09. The van der Waals surface area contributed by atoms with Gasteiger partial charge in [-0.25, -0.2) is 4.98 Å². The summed E-state index contributed by atoms with van der Waals surface area (Å²) in [6.45, 7) is 5.96. The van der Waals surface area contributed by atoms with Crippen LogP contribution in [0, 0.1) is 11.3 Å². The normalized spacial score (nSPS) is 30.5. The molecular formula is C23H36IN5O. The molecule has 2 aliphatic heterocycles. The summed E-state index contributed by atoms with van der Waals surface area (Å²) in [7, 11) is 0. The van der Waals surface area contributed by atoms with E-state index < -0.39 is 0 Å². The topological polar surface area (TPSA) is 61.8 Å². The van der Waals surface area contributed by atoms with Crippen molar-refractivity contribution >= 4 is 35.8 Å². The number of hydrogen-bond acceptors (Lipinski definition) is 4. The Kier molecular flexibility index (Phi) is 7.07. The van der Waals surface area contributed by atoms with Crippen LogP contribution < -0.4 is 15.5 Å². The maximum atomic E-state index is 6.15. The molecule has 3 heterocycles. The summed E-state index contributed by atoms with van der Waals surface area (Å²) in [5, 5.41) is 7.65. The van der Waals surface area contributed by atoms with E-state index in [1.165, 1.54) is 32.1 Å². The molecule has 1 aromatic heterocycles. The standard InChI is InChI=1S/C23H35N5O.HI/c1-2-24-22(26-17-8-14-28(15-9-17)19-7-3-6-13-25-19)27-20-18-10-16-29-21(18)23(20)11-4-5-12-23;/h3,6-7,13,17-18,20-21H,2,4-5,8-12,14-16H2,1H3,(H2,24,26,27);1H. The maximum absolute atomic E-state index is 6.15. The fourth-order valence-electron chi connectivity index (χ4n) is 6.33. The molecule has 1 spiro atoms. The molecular weight excluding hydrogens is 489 g/mol. The zero-order valence-corrected chi connectivity index (χ0v) is 20.4. The molecule has 4 aliphatic rings. The van der Waals surface area contributed by atoms with Gasteiger partial charge >= 0.3 is 0 Å².